The lowest BCUT2D eigenvalue weighted by molar-refractivity contribution is 0.714. The number of hydrogen-bond donors (Lipinski definition) is 0. The second-order valence-corrected chi connectivity index (χ2v) is 15.1. The Balaban J connectivity index is 1.17. The zero-order valence-corrected chi connectivity index (χ0v) is 30.9. The molecule has 1 aliphatic rings. The molecule has 0 radical (unpaired) electrons. The molecule has 56 heavy (non-hydrogen) atoms. The van der Waals surface area contributed by atoms with E-state index in [1.54, 1.807) is 0 Å². The van der Waals surface area contributed by atoms with E-state index in [-0.39, 0.29) is 5.41 Å². The number of hydrogen-bond acceptors (Lipinski definition) is 2. The summed E-state index contributed by atoms with van der Waals surface area (Å²) in [5, 5.41) is 7.23. The van der Waals surface area contributed by atoms with E-state index in [1.807, 2.05) is 0 Å². The number of benzene rings is 9. The van der Waals surface area contributed by atoms with Gasteiger partial charge in [-0.15, -0.1) is 0 Å². The first-order valence-corrected chi connectivity index (χ1v) is 19.3. The van der Waals surface area contributed by atoms with Crippen LogP contribution in [0.2, 0.25) is 0 Å². The highest BCUT2D eigenvalue weighted by molar-refractivity contribution is 6.19. The Kier molecular flexibility index (Phi) is 7.33. The smallest absolute Gasteiger partial charge is 0.160 e. The minimum atomic E-state index is -0.317. The van der Waals surface area contributed by atoms with Gasteiger partial charge in [-0.3, -0.25) is 0 Å². The molecule has 262 valence electrons. The van der Waals surface area contributed by atoms with Crippen molar-refractivity contribution in [3.05, 3.63) is 217 Å². The maximum Gasteiger partial charge on any atom is 0.160 e. The van der Waals surface area contributed by atoms with Crippen LogP contribution in [-0.2, 0) is 5.41 Å². The van der Waals surface area contributed by atoms with Crippen molar-refractivity contribution in [2.45, 2.75) is 12.3 Å². The van der Waals surface area contributed by atoms with Gasteiger partial charge in [0.25, 0.3) is 0 Å². The van der Waals surface area contributed by atoms with E-state index in [0.717, 1.165) is 33.6 Å². The molecule has 0 fully saturated rings. The summed E-state index contributed by atoms with van der Waals surface area (Å²) in [6.07, 6.45) is 0. The maximum absolute atomic E-state index is 5.45. The van der Waals surface area contributed by atoms with Gasteiger partial charge in [0.2, 0.25) is 0 Å². The second-order valence-electron chi connectivity index (χ2n) is 15.1. The lowest BCUT2D eigenvalue weighted by Crippen LogP contribution is -2.22. The van der Waals surface area contributed by atoms with Gasteiger partial charge in [-0.25, -0.2) is 9.97 Å². The van der Waals surface area contributed by atoms with Gasteiger partial charge in [0, 0.05) is 22.1 Å². The molecule has 11 rings (SSSR count). The van der Waals surface area contributed by atoms with E-state index in [9.17, 15) is 0 Å². The van der Waals surface area contributed by atoms with Crippen LogP contribution in [0.1, 0.15) is 23.6 Å². The van der Waals surface area contributed by atoms with Crippen LogP contribution in [0.5, 0.6) is 0 Å². The van der Waals surface area contributed by atoms with E-state index in [4.69, 9.17) is 9.97 Å². The van der Waals surface area contributed by atoms with Crippen LogP contribution in [0, 0.1) is 0 Å². The van der Waals surface area contributed by atoms with Gasteiger partial charge in [-0.2, -0.15) is 0 Å². The van der Waals surface area contributed by atoms with Crippen molar-refractivity contribution in [1.29, 1.82) is 0 Å². The first-order chi connectivity index (χ1) is 27.6. The third-order valence-electron chi connectivity index (χ3n) is 12.0. The van der Waals surface area contributed by atoms with Crippen molar-refractivity contribution in [2.75, 3.05) is 0 Å². The average Bonchev–Trinajstić information content (AvgIpc) is 3.54. The molecule has 0 aliphatic heterocycles. The molecule has 2 nitrogen and oxygen atoms in total. The summed E-state index contributed by atoms with van der Waals surface area (Å²) >= 11 is 0. The van der Waals surface area contributed by atoms with Crippen LogP contribution >= 0.6 is 0 Å². The quantitative estimate of drug-likeness (QED) is 0.131. The standard InChI is InChI=1S/C54H36N2/c1-54(41-18-6-3-7-19-41)48-23-13-12-22-44(48)45-30-29-40(33-49(45)54)50-34-51(56-53(55-50)38-26-24-36(25-27-38)35-14-4-2-5-15-35)52-43-21-11-9-17-39(43)32-47-42-20-10-8-16-37(42)28-31-46(47)52/h2-34H,1H3. The molecule has 0 N–H and O–H groups in total. The third-order valence-corrected chi connectivity index (χ3v) is 12.0. The van der Waals surface area contributed by atoms with Crippen molar-refractivity contribution < 1.29 is 0 Å². The highest BCUT2D eigenvalue weighted by Gasteiger charge is 2.40. The predicted molar refractivity (Wildman–Crippen MR) is 234 cm³/mol. The van der Waals surface area contributed by atoms with Gasteiger partial charge in [-0.05, 0) is 96.4 Å². The lowest BCUT2D eigenvalue weighted by Gasteiger charge is -2.28. The Bertz CT molecular complexity index is 3130. The van der Waals surface area contributed by atoms with Crippen molar-refractivity contribution in [2.24, 2.45) is 0 Å². The Labute approximate surface area is 326 Å². The van der Waals surface area contributed by atoms with Crippen molar-refractivity contribution in [3.63, 3.8) is 0 Å². The Morgan fingerprint density at radius 3 is 1.79 bits per heavy atom. The minimum absolute atomic E-state index is 0.317. The van der Waals surface area contributed by atoms with Gasteiger partial charge >= 0.3 is 0 Å². The van der Waals surface area contributed by atoms with Gasteiger partial charge in [-0.1, -0.05) is 182 Å². The Morgan fingerprint density at radius 2 is 0.964 bits per heavy atom. The molecule has 0 amide bonds. The largest absolute Gasteiger partial charge is 0.228 e. The summed E-state index contributed by atoms with van der Waals surface area (Å²) in [7, 11) is 0. The van der Waals surface area contributed by atoms with Crippen LogP contribution in [0.4, 0.5) is 0 Å². The maximum atomic E-state index is 5.45. The van der Waals surface area contributed by atoms with Crippen LogP contribution < -0.4 is 0 Å². The van der Waals surface area contributed by atoms with E-state index >= 15 is 0 Å². The fourth-order valence-electron chi connectivity index (χ4n) is 9.12. The number of aromatic nitrogens is 2. The first kappa shape index (κ1) is 32.3. The number of nitrogens with zero attached hydrogens (tertiary/aromatic N) is 2. The molecule has 9 aromatic carbocycles. The normalized spacial score (nSPS) is 14.6. The molecule has 0 saturated carbocycles. The Hall–Kier alpha value is -7.16. The zero-order chi connectivity index (χ0) is 37.2. The summed E-state index contributed by atoms with van der Waals surface area (Å²) in [5.41, 5.74) is 13.5. The minimum Gasteiger partial charge on any atom is -0.228 e. The molecular formula is C54H36N2. The molecule has 1 unspecified atom stereocenters. The van der Waals surface area contributed by atoms with Gasteiger partial charge in [0.15, 0.2) is 5.82 Å². The lowest BCUT2D eigenvalue weighted by atomic mass is 9.74. The summed E-state index contributed by atoms with van der Waals surface area (Å²) in [5.74, 6) is 0.702. The van der Waals surface area contributed by atoms with Crippen LogP contribution in [0.3, 0.4) is 0 Å². The molecule has 0 saturated heterocycles. The van der Waals surface area contributed by atoms with Crippen molar-refractivity contribution in [1.82, 2.24) is 9.97 Å². The molecule has 0 bridgehead atoms. The third kappa shape index (κ3) is 5.03. The molecule has 1 atom stereocenters. The molecule has 2 heteroatoms. The Morgan fingerprint density at radius 1 is 0.357 bits per heavy atom. The monoisotopic (exact) mass is 712 g/mol. The number of fused-ring (bicyclic) bond motifs is 7. The molecule has 0 spiro atoms. The van der Waals surface area contributed by atoms with Crippen LogP contribution in [0.15, 0.2) is 200 Å². The van der Waals surface area contributed by atoms with Crippen LogP contribution in [0.25, 0.3) is 88.5 Å². The summed E-state index contributed by atoms with van der Waals surface area (Å²) < 4.78 is 0. The number of rotatable bonds is 5. The summed E-state index contributed by atoms with van der Waals surface area (Å²) in [6.45, 7) is 2.37. The highest BCUT2D eigenvalue weighted by Crippen LogP contribution is 2.53. The van der Waals surface area contributed by atoms with Crippen LogP contribution in [-0.4, -0.2) is 9.97 Å². The fraction of sp³-hybridized carbons (Fsp3) is 0.0370. The van der Waals surface area contributed by atoms with E-state index in [1.165, 1.54) is 65.7 Å². The summed E-state index contributed by atoms with van der Waals surface area (Å²) in [6, 6.07) is 72.3. The molecular weight excluding hydrogens is 677 g/mol. The van der Waals surface area contributed by atoms with Gasteiger partial charge in [0.05, 0.1) is 11.4 Å². The summed E-state index contributed by atoms with van der Waals surface area (Å²) in [4.78, 5) is 10.8. The SMILES string of the molecule is CC1(c2ccccc2)c2ccccc2-c2ccc(-c3cc(-c4c5ccccc5cc5c4ccc4ccccc45)nc(-c4ccc(-c5ccccc5)cc4)n3)cc21. The highest BCUT2D eigenvalue weighted by atomic mass is 14.9. The molecule has 10 aromatic rings. The second kappa shape index (κ2) is 12.7. The first-order valence-electron chi connectivity index (χ1n) is 19.3. The average molecular weight is 713 g/mol. The fourth-order valence-corrected chi connectivity index (χ4v) is 9.12. The van der Waals surface area contributed by atoms with Crippen molar-refractivity contribution >= 4 is 32.3 Å². The van der Waals surface area contributed by atoms with E-state index < -0.39 is 0 Å². The van der Waals surface area contributed by atoms with Gasteiger partial charge in [0.1, 0.15) is 0 Å². The van der Waals surface area contributed by atoms with Gasteiger partial charge < -0.3 is 0 Å². The zero-order valence-electron chi connectivity index (χ0n) is 30.9. The van der Waals surface area contributed by atoms with Crippen molar-refractivity contribution in [3.8, 4) is 56.2 Å². The molecule has 1 aliphatic carbocycles. The molecule has 1 aromatic heterocycles. The topological polar surface area (TPSA) is 25.8 Å². The molecule has 1 heterocycles. The van der Waals surface area contributed by atoms with E-state index in [0.29, 0.717) is 5.82 Å². The predicted octanol–water partition coefficient (Wildman–Crippen LogP) is 13.9. The van der Waals surface area contributed by atoms with E-state index in [2.05, 4.69) is 207 Å².